The van der Waals surface area contributed by atoms with E-state index in [9.17, 15) is 14.4 Å². The van der Waals surface area contributed by atoms with Gasteiger partial charge in [0.15, 0.2) is 0 Å². The summed E-state index contributed by atoms with van der Waals surface area (Å²) in [6, 6.07) is 15.5. The van der Waals surface area contributed by atoms with E-state index in [1.165, 1.54) is 0 Å². The van der Waals surface area contributed by atoms with E-state index in [0.29, 0.717) is 17.8 Å². The maximum absolute atomic E-state index is 12.7. The van der Waals surface area contributed by atoms with Crippen LogP contribution in [0.3, 0.4) is 0 Å². The molecule has 29 heavy (non-hydrogen) atoms. The Labute approximate surface area is 179 Å². The van der Waals surface area contributed by atoms with Gasteiger partial charge in [0, 0.05) is 35.2 Å². The number of anilines is 1. The van der Waals surface area contributed by atoms with Gasteiger partial charge >= 0.3 is 0 Å². The van der Waals surface area contributed by atoms with Crippen LogP contribution in [-0.4, -0.2) is 41.8 Å². The van der Waals surface area contributed by atoms with E-state index in [4.69, 9.17) is 0 Å². The van der Waals surface area contributed by atoms with Gasteiger partial charge in [-0.2, -0.15) is 0 Å². The van der Waals surface area contributed by atoms with Gasteiger partial charge in [0.05, 0.1) is 0 Å². The molecule has 0 heterocycles. The van der Waals surface area contributed by atoms with Gasteiger partial charge in [0.2, 0.25) is 11.8 Å². The van der Waals surface area contributed by atoms with Gasteiger partial charge in [-0.15, -0.1) is 0 Å². The number of carbonyl (C=O) groups excluding carboxylic acids is 3. The minimum Gasteiger partial charge on any atom is -0.352 e. The smallest absolute Gasteiger partial charge is 0.251 e. The van der Waals surface area contributed by atoms with Crippen molar-refractivity contribution in [3.8, 4) is 0 Å². The van der Waals surface area contributed by atoms with Crippen LogP contribution in [0.25, 0.3) is 0 Å². The van der Waals surface area contributed by atoms with Crippen LogP contribution in [0.15, 0.2) is 59.1 Å². The number of para-hydroxylation sites is 1. The lowest BCUT2D eigenvalue weighted by Crippen LogP contribution is -2.46. The summed E-state index contributed by atoms with van der Waals surface area (Å²) in [5, 5.41) is 5.58. The molecule has 0 aliphatic rings. The topological polar surface area (TPSA) is 78.5 Å². The quantitative estimate of drug-likeness (QED) is 0.597. The third kappa shape index (κ3) is 7.02. The standard InChI is InChI=1S/C22H26BrN3O3/c1-3-15-26(16(2)21(28)25-19-7-5-4-6-8-19)20(27)13-14-24-22(29)17-9-11-18(23)12-10-17/h4-12,16H,3,13-15H2,1-2H3,(H,24,29)(H,25,28). The number of halogens is 1. The molecule has 2 rings (SSSR count). The summed E-state index contributed by atoms with van der Waals surface area (Å²) in [5.74, 6) is -0.641. The highest BCUT2D eigenvalue weighted by Crippen LogP contribution is 2.11. The minimum atomic E-state index is -0.607. The van der Waals surface area contributed by atoms with Crippen LogP contribution in [-0.2, 0) is 9.59 Å². The molecule has 0 radical (unpaired) electrons. The Kier molecular flexibility index (Phi) is 8.86. The summed E-state index contributed by atoms with van der Waals surface area (Å²) in [6.07, 6.45) is 0.866. The first-order chi connectivity index (χ1) is 13.9. The lowest BCUT2D eigenvalue weighted by Gasteiger charge is -2.28. The van der Waals surface area contributed by atoms with Crippen LogP contribution in [0.5, 0.6) is 0 Å². The van der Waals surface area contributed by atoms with E-state index in [2.05, 4.69) is 26.6 Å². The molecule has 1 unspecified atom stereocenters. The van der Waals surface area contributed by atoms with E-state index in [0.717, 1.165) is 10.9 Å². The fourth-order valence-corrected chi connectivity index (χ4v) is 3.08. The molecule has 0 fully saturated rings. The first-order valence-electron chi connectivity index (χ1n) is 9.61. The Hall–Kier alpha value is -2.67. The molecular weight excluding hydrogens is 434 g/mol. The SMILES string of the molecule is CCCN(C(=O)CCNC(=O)c1ccc(Br)cc1)C(C)C(=O)Nc1ccccc1. The van der Waals surface area contributed by atoms with E-state index >= 15 is 0 Å². The van der Waals surface area contributed by atoms with Crippen LogP contribution >= 0.6 is 15.9 Å². The summed E-state index contributed by atoms with van der Waals surface area (Å²) in [5.41, 5.74) is 1.22. The number of rotatable bonds is 9. The molecule has 154 valence electrons. The van der Waals surface area contributed by atoms with Gasteiger partial charge in [-0.05, 0) is 49.7 Å². The Morgan fingerprint density at radius 1 is 1.03 bits per heavy atom. The van der Waals surface area contributed by atoms with Crippen LogP contribution in [0.4, 0.5) is 5.69 Å². The first kappa shape index (κ1) is 22.6. The van der Waals surface area contributed by atoms with E-state index < -0.39 is 6.04 Å². The summed E-state index contributed by atoms with van der Waals surface area (Å²) < 4.78 is 0.891. The Morgan fingerprint density at radius 2 is 1.69 bits per heavy atom. The fourth-order valence-electron chi connectivity index (χ4n) is 2.81. The second-order valence-corrected chi connectivity index (χ2v) is 7.55. The third-order valence-electron chi connectivity index (χ3n) is 4.40. The van der Waals surface area contributed by atoms with Gasteiger partial charge in [0.25, 0.3) is 5.91 Å². The average molecular weight is 460 g/mol. The number of hydrogen-bond donors (Lipinski definition) is 2. The molecule has 0 saturated carbocycles. The molecule has 2 aromatic rings. The number of hydrogen-bond acceptors (Lipinski definition) is 3. The molecule has 0 aliphatic carbocycles. The number of amides is 3. The van der Waals surface area contributed by atoms with Gasteiger partial charge in [0.1, 0.15) is 6.04 Å². The predicted molar refractivity (Wildman–Crippen MR) is 118 cm³/mol. The zero-order valence-electron chi connectivity index (χ0n) is 16.7. The van der Waals surface area contributed by atoms with Gasteiger partial charge in [-0.3, -0.25) is 14.4 Å². The maximum Gasteiger partial charge on any atom is 0.251 e. The Bertz CT molecular complexity index is 825. The summed E-state index contributed by atoms with van der Waals surface area (Å²) >= 11 is 3.33. The number of nitrogens with one attached hydrogen (secondary N) is 2. The van der Waals surface area contributed by atoms with Gasteiger partial charge in [-0.1, -0.05) is 41.1 Å². The molecule has 3 amide bonds. The second kappa shape index (κ2) is 11.4. The highest BCUT2D eigenvalue weighted by atomic mass is 79.9. The zero-order chi connectivity index (χ0) is 21.2. The summed E-state index contributed by atoms with van der Waals surface area (Å²) in [6.45, 7) is 4.35. The van der Waals surface area contributed by atoms with Crippen LogP contribution in [0.2, 0.25) is 0 Å². The number of carbonyl (C=O) groups is 3. The molecular formula is C22H26BrN3O3. The van der Waals surface area contributed by atoms with Crippen LogP contribution in [0, 0.1) is 0 Å². The second-order valence-electron chi connectivity index (χ2n) is 6.63. The van der Waals surface area contributed by atoms with Crippen molar-refractivity contribution < 1.29 is 14.4 Å². The van der Waals surface area contributed by atoms with Crippen molar-refractivity contribution in [1.82, 2.24) is 10.2 Å². The molecule has 2 aromatic carbocycles. The first-order valence-corrected chi connectivity index (χ1v) is 10.4. The molecule has 0 aromatic heterocycles. The molecule has 0 spiro atoms. The minimum absolute atomic E-state index is 0.130. The summed E-state index contributed by atoms with van der Waals surface area (Å²) in [4.78, 5) is 39.0. The lowest BCUT2D eigenvalue weighted by molar-refractivity contribution is -0.138. The monoisotopic (exact) mass is 459 g/mol. The van der Waals surface area contributed by atoms with Crippen LogP contribution in [0.1, 0.15) is 37.0 Å². The molecule has 7 heteroatoms. The molecule has 0 bridgehead atoms. The van der Waals surface area contributed by atoms with Crippen molar-refractivity contribution in [2.45, 2.75) is 32.7 Å². The molecule has 0 aliphatic heterocycles. The highest BCUT2D eigenvalue weighted by Gasteiger charge is 2.25. The lowest BCUT2D eigenvalue weighted by atomic mass is 10.2. The fraction of sp³-hybridized carbons (Fsp3) is 0.318. The normalized spacial score (nSPS) is 11.4. The molecule has 2 N–H and O–H groups in total. The van der Waals surface area contributed by atoms with Gasteiger partial charge in [-0.25, -0.2) is 0 Å². The molecule has 6 nitrogen and oxygen atoms in total. The zero-order valence-corrected chi connectivity index (χ0v) is 18.2. The van der Waals surface area contributed by atoms with Crippen molar-refractivity contribution in [3.05, 3.63) is 64.6 Å². The van der Waals surface area contributed by atoms with Crippen molar-refractivity contribution in [1.29, 1.82) is 0 Å². The van der Waals surface area contributed by atoms with Crippen LogP contribution < -0.4 is 10.6 Å². The van der Waals surface area contributed by atoms with Crippen molar-refractivity contribution in [2.75, 3.05) is 18.4 Å². The van der Waals surface area contributed by atoms with Crippen molar-refractivity contribution in [2.24, 2.45) is 0 Å². The molecule has 1 atom stereocenters. The highest BCUT2D eigenvalue weighted by molar-refractivity contribution is 9.10. The average Bonchev–Trinajstić information content (AvgIpc) is 2.72. The Balaban J connectivity index is 1.89. The Morgan fingerprint density at radius 3 is 2.31 bits per heavy atom. The maximum atomic E-state index is 12.7. The van der Waals surface area contributed by atoms with E-state index in [1.54, 1.807) is 48.2 Å². The number of nitrogens with zero attached hydrogens (tertiary/aromatic N) is 1. The van der Waals surface area contributed by atoms with Gasteiger partial charge < -0.3 is 15.5 Å². The summed E-state index contributed by atoms with van der Waals surface area (Å²) in [7, 11) is 0. The number of benzene rings is 2. The third-order valence-corrected chi connectivity index (χ3v) is 4.93. The van der Waals surface area contributed by atoms with E-state index in [1.807, 2.05) is 25.1 Å². The van der Waals surface area contributed by atoms with E-state index in [-0.39, 0.29) is 30.7 Å². The molecule has 0 saturated heterocycles. The van der Waals surface area contributed by atoms with Crippen molar-refractivity contribution in [3.63, 3.8) is 0 Å². The van der Waals surface area contributed by atoms with Crippen molar-refractivity contribution >= 4 is 39.3 Å². The largest absolute Gasteiger partial charge is 0.352 e. The predicted octanol–water partition coefficient (Wildman–Crippen LogP) is 3.83.